The van der Waals surface area contributed by atoms with Crippen LogP contribution in [0, 0.1) is 11.6 Å². The van der Waals surface area contributed by atoms with Gasteiger partial charge in [0, 0.05) is 19.5 Å². The predicted molar refractivity (Wildman–Crippen MR) is 167 cm³/mol. The Balaban J connectivity index is 1.80. The zero-order valence-corrected chi connectivity index (χ0v) is 25.6. The molecule has 7 nitrogen and oxygen atoms in total. The number of sulfonamides is 1. The fourth-order valence-corrected chi connectivity index (χ4v) is 6.20. The number of nitrogens with one attached hydrogen (secondary N) is 1. The van der Waals surface area contributed by atoms with E-state index in [1.807, 2.05) is 37.3 Å². The van der Waals surface area contributed by atoms with Gasteiger partial charge in [-0.1, -0.05) is 79.2 Å². The highest BCUT2D eigenvalue weighted by Gasteiger charge is 2.34. The Morgan fingerprint density at radius 3 is 2.11 bits per heavy atom. The Morgan fingerprint density at radius 2 is 1.50 bits per heavy atom. The lowest BCUT2D eigenvalue weighted by atomic mass is 10.0. The molecule has 0 heterocycles. The van der Waals surface area contributed by atoms with Crippen molar-refractivity contribution in [2.75, 3.05) is 17.4 Å². The molecule has 2 amide bonds. The molecule has 0 saturated carbocycles. The zero-order chi connectivity index (χ0) is 31.7. The van der Waals surface area contributed by atoms with Gasteiger partial charge in [0.25, 0.3) is 10.0 Å². The van der Waals surface area contributed by atoms with Crippen LogP contribution in [-0.2, 0) is 32.6 Å². The minimum absolute atomic E-state index is 0.0367. The van der Waals surface area contributed by atoms with E-state index in [-0.39, 0.29) is 28.6 Å². The van der Waals surface area contributed by atoms with Crippen molar-refractivity contribution in [1.29, 1.82) is 0 Å². The van der Waals surface area contributed by atoms with Crippen molar-refractivity contribution in [3.05, 3.63) is 131 Å². The van der Waals surface area contributed by atoms with Gasteiger partial charge in [-0.2, -0.15) is 0 Å². The minimum atomic E-state index is -4.36. The Morgan fingerprint density at radius 1 is 0.864 bits per heavy atom. The third kappa shape index (κ3) is 8.21. The fraction of sp³-hybridized carbons (Fsp3) is 0.212. The molecule has 0 aliphatic carbocycles. The van der Waals surface area contributed by atoms with Crippen molar-refractivity contribution < 1.29 is 26.8 Å². The Labute approximate surface area is 261 Å². The average Bonchev–Trinajstić information content (AvgIpc) is 3.03. The summed E-state index contributed by atoms with van der Waals surface area (Å²) < 4.78 is 56.5. The SMILES string of the molecule is CCCNC(=O)[C@H](Cc1ccccc1)N(Cc1ccc(F)cc1)C(=O)CN(c1ccc(F)c(Cl)c1)S(=O)(=O)c1ccccc1. The molecule has 1 atom stereocenters. The summed E-state index contributed by atoms with van der Waals surface area (Å²) in [4.78, 5) is 29.1. The number of rotatable bonds is 13. The minimum Gasteiger partial charge on any atom is -0.354 e. The molecule has 4 rings (SSSR count). The van der Waals surface area contributed by atoms with E-state index in [0.29, 0.717) is 18.5 Å². The first kappa shape index (κ1) is 32.6. The van der Waals surface area contributed by atoms with Crippen molar-refractivity contribution >= 4 is 39.1 Å². The molecule has 0 spiro atoms. The monoisotopic (exact) mass is 639 g/mol. The second kappa shape index (κ2) is 14.9. The van der Waals surface area contributed by atoms with E-state index < -0.39 is 46.1 Å². The standard InChI is InChI=1S/C33H32ClF2N3O4S/c1-2-19-37-33(41)31(20-24-9-5-3-6-10-24)38(22-25-13-15-26(35)16-14-25)32(40)23-39(27-17-18-30(36)29(34)21-27)44(42,43)28-11-7-4-8-12-28/h3-18,21,31H,2,19-20,22-23H2,1H3,(H,37,41)/t31-/m0/s1. The van der Waals surface area contributed by atoms with Gasteiger partial charge in [0.15, 0.2) is 0 Å². The lowest BCUT2D eigenvalue weighted by molar-refractivity contribution is -0.140. The molecule has 1 N–H and O–H groups in total. The van der Waals surface area contributed by atoms with Crippen LogP contribution in [0.5, 0.6) is 0 Å². The molecule has 4 aromatic rings. The van der Waals surface area contributed by atoms with Crippen molar-refractivity contribution in [3.63, 3.8) is 0 Å². The van der Waals surface area contributed by atoms with Crippen LogP contribution >= 0.6 is 11.6 Å². The van der Waals surface area contributed by atoms with Gasteiger partial charge in [0.05, 0.1) is 15.6 Å². The molecular formula is C33H32ClF2N3O4S. The Hall–Kier alpha value is -4.28. The number of benzene rings is 4. The molecule has 0 unspecified atom stereocenters. The molecule has 0 radical (unpaired) electrons. The summed E-state index contributed by atoms with van der Waals surface area (Å²) in [6, 6.07) is 24.4. The lowest BCUT2D eigenvalue weighted by Gasteiger charge is -2.34. The van der Waals surface area contributed by atoms with Crippen LogP contribution in [0.2, 0.25) is 5.02 Å². The maximum atomic E-state index is 14.3. The number of hydrogen-bond acceptors (Lipinski definition) is 4. The highest BCUT2D eigenvalue weighted by atomic mass is 35.5. The van der Waals surface area contributed by atoms with Crippen LogP contribution in [0.3, 0.4) is 0 Å². The van der Waals surface area contributed by atoms with Crippen molar-refractivity contribution in [1.82, 2.24) is 10.2 Å². The van der Waals surface area contributed by atoms with Gasteiger partial charge in [0.1, 0.15) is 24.2 Å². The molecule has 0 aliphatic heterocycles. The van der Waals surface area contributed by atoms with E-state index in [1.165, 1.54) is 47.4 Å². The van der Waals surface area contributed by atoms with E-state index >= 15 is 0 Å². The molecule has 230 valence electrons. The van der Waals surface area contributed by atoms with E-state index in [4.69, 9.17) is 11.6 Å². The van der Waals surface area contributed by atoms with Gasteiger partial charge in [0.2, 0.25) is 11.8 Å². The second-order valence-corrected chi connectivity index (χ2v) is 12.3. The van der Waals surface area contributed by atoms with E-state index in [2.05, 4.69) is 5.32 Å². The maximum absolute atomic E-state index is 14.3. The molecule has 0 fully saturated rings. The smallest absolute Gasteiger partial charge is 0.264 e. The zero-order valence-electron chi connectivity index (χ0n) is 24.0. The van der Waals surface area contributed by atoms with E-state index in [1.54, 1.807) is 18.2 Å². The molecule has 0 saturated heterocycles. The number of amides is 2. The van der Waals surface area contributed by atoms with Gasteiger partial charge < -0.3 is 10.2 Å². The fourth-order valence-electron chi connectivity index (χ4n) is 4.60. The number of hydrogen-bond donors (Lipinski definition) is 1. The number of anilines is 1. The average molecular weight is 640 g/mol. The van der Waals surface area contributed by atoms with E-state index in [9.17, 15) is 26.8 Å². The highest BCUT2D eigenvalue weighted by Crippen LogP contribution is 2.28. The van der Waals surface area contributed by atoms with Crippen molar-refractivity contribution in [2.45, 2.75) is 37.2 Å². The van der Waals surface area contributed by atoms with Crippen molar-refractivity contribution in [3.8, 4) is 0 Å². The third-order valence-corrected chi connectivity index (χ3v) is 8.97. The number of carbonyl (C=O) groups is 2. The summed E-state index contributed by atoms with van der Waals surface area (Å²) in [5.74, 6) is -2.36. The number of carbonyl (C=O) groups excluding carboxylic acids is 2. The molecule has 0 aromatic heterocycles. The van der Waals surface area contributed by atoms with Crippen LogP contribution in [0.4, 0.5) is 14.5 Å². The first-order chi connectivity index (χ1) is 21.1. The molecule has 0 bridgehead atoms. The van der Waals surface area contributed by atoms with Gasteiger partial charge in [-0.15, -0.1) is 0 Å². The molecular weight excluding hydrogens is 608 g/mol. The quantitative estimate of drug-likeness (QED) is 0.195. The second-order valence-electron chi connectivity index (χ2n) is 10.1. The summed E-state index contributed by atoms with van der Waals surface area (Å²) in [6.07, 6.45) is 0.793. The predicted octanol–water partition coefficient (Wildman–Crippen LogP) is 5.98. The largest absolute Gasteiger partial charge is 0.354 e. The van der Waals surface area contributed by atoms with Crippen LogP contribution in [0.1, 0.15) is 24.5 Å². The summed E-state index contributed by atoms with van der Waals surface area (Å²) in [7, 11) is -4.36. The summed E-state index contributed by atoms with van der Waals surface area (Å²) in [5.41, 5.74) is 1.27. The number of halogens is 3. The first-order valence-electron chi connectivity index (χ1n) is 14.0. The topological polar surface area (TPSA) is 86.8 Å². The van der Waals surface area contributed by atoms with E-state index in [0.717, 1.165) is 22.0 Å². The Kier molecular flexibility index (Phi) is 11.1. The maximum Gasteiger partial charge on any atom is 0.264 e. The third-order valence-electron chi connectivity index (χ3n) is 6.89. The lowest BCUT2D eigenvalue weighted by Crippen LogP contribution is -2.53. The molecule has 11 heteroatoms. The van der Waals surface area contributed by atoms with Crippen LogP contribution < -0.4 is 9.62 Å². The van der Waals surface area contributed by atoms with Gasteiger partial charge >= 0.3 is 0 Å². The van der Waals surface area contributed by atoms with Gasteiger partial charge in [-0.25, -0.2) is 17.2 Å². The first-order valence-corrected chi connectivity index (χ1v) is 15.8. The Bertz CT molecular complexity index is 1670. The van der Waals surface area contributed by atoms with Crippen LogP contribution in [0.15, 0.2) is 108 Å². The van der Waals surface area contributed by atoms with Crippen LogP contribution in [0.25, 0.3) is 0 Å². The molecule has 0 aliphatic rings. The van der Waals surface area contributed by atoms with Crippen molar-refractivity contribution in [2.24, 2.45) is 0 Å². The van der Waals surface area contributed by atoms with Crippen LogP contribution in [-0.4, -0.2) is 44.3 Å². The number of nitrogens with zero attached hydrogens (tertiary/aromatic N) is 2. The van der Waals surface area contributed by atoms with Gasteiger partial charge in [-0.05, 0) is 60.0 Å². The normalized spacial score (nSPS) is 11.9. The van der Waals surface area contributed by atoms with Gasteiger partial charge in [-0.3, -0.25) is 13.9 Å². The molecule has 4 aromatic carbocycles. The summed E-state index contributed by atoms with van der Waals surface area (Å²) in [6.45, 7) is 1.42. The molecule has 44 heavy (non-hydrogen) atoms. The summed E-state index contributed by atoms with van der Waals surface area (Å²) in [5, 5.41) is 2.53. The summed E-state index contributed by atoms with van der Waals surface area (Å²) >= 11 is 6.03. The highest BCUT2D eigenvalue weighted by molar-refractivity contribution is 7.92.